The smallest absolute Gasteiger partial charge is 0.204 e. The Labute approximate surface area is 93.9 Å². The van der Waals surface area contributed by atoms with Crippen LogP contribution in [0.4, 0.5) is 0 Å². The van der Waals surface area contributed by atoms with E-state index >= 15 is 0 Å². The van der Waals surface area contributed by atoms with Crippen molar-refractivity contribution in [1.82, 2.24) is 0 Å². The van der Waals surface area contributed by atoms with Crippen LogP contribution in [-0.2, 0) is 9.53 Å². The van der Waals surface area contributed by atoms with Crippen LogP contribution in [0.5, 0.6) is 0 Å². The molecule has 0 aliphatic carbocycles. The number of amides is 1. The second kappa shape index (κ2) is 23.8. The molecule has 0 aliphatic heterocycles. The fraction of sp³-hybridized carbons (Fsp3) is 0.875. The Morgan fingerprint density at radius 3 is 1.50 bits per heavy atom. The van der Waals surface area contributed by atoms with Crippen LogP contribution in [0.25, 0.3) is 0 Å². The number of aliphatic hydroxyl groups is 5. The molecule has 8 nitrogen and oxygen atoms in total. The second-order valence-electron chi connectivity index (χ2n) is 2.21. The Bertz CT molecular complexity index is 107. The van der Waals surface area contributed by atoms with Crippen LogP contribution >= 0.6 is 0 Å². The van der Waals surface area contributed by atoms with Gasteiger partial charge in [0.1, 0.15) is 6.10 Å². The fourth-order valence-electron chi connectivity index (χ4n) is 0.289. The van der Waals surface area contributed by atoms with Crippen molar-refractivity contribution in [2.45, 2.75) is 6.10 Å². The fourth-order valence-corrected chi connectivity index (χ4v) is 0.289. The number of ether oxygens (including phenoxy) is 1. The van der Waals surface area contributed by atoms with Crippen molar-refractivity contribution in [3.63, 3.8) is 0 Å². The normalized spacial score (nSPS) is 8.62. The quantitative estimate of drug-likeness (QED) is 0.208. The lowest BCUT2D eigenvalue weighted by molar-refractivity contribution is -0.106. The number of nitrogens with two attached hydrogens (primary N) is 1. The van der Waals surface area contributed by atoms with Gasteiger partial charge in [-0.25, -0.2) is 0 Å². The molecule has 0 spiro atoms. The van der Waals surface area contributed by atoms with E-state index in [9.17, 15) is 0 Å². The lowest BCUT2D eigenvalue weighted by Gasteiger charge is -1.96. The monoisotopic (exact) mass is 243 g/mol. The highest BCUT2D eigenvalue weighted by Gasteiger charge is 1.93. The summed E-state index contributed by atoms with van der Waals surface area (Å²) in [7, 11) is 0. The summed E-state index contributed by atoms with van der Waals surface area (Å²) in [6, 6.07) is 0. The molecule has 1 amide bonds. The number of carbonyl (C=O) groups is 1. The molecule has 0 saturated heterocycles. The summed E-state index contributed by atoms with van der Waals surface area (Å²) >= 11 is 0. The molecule has 0 bridgehead atoms. The Morgan fingerprint density at radius 1 is 1.06 bits per heavy atom. The van der Waals surface area contributed by atoms with Gasteiger partial charge in [0.15, 0.2) is 0 Å². The Balaban J connectivity index is -0.000000172. The van der Waals surface area contributed by atoms with Crippen LogP contribution in [0.2, 0.25) is 0 Å². The number of aliphatic hydroxyl groups excluding tert-OH is 5. The molecular formula is C8H21NO7. The van der Waals surface area contributed by atoms with E-state index in [1.54, 1.807) is 0 Å². The molecule has 0 atom stereocenters. The molecule has 0 aromatic heterocycles. The van der Waals surface area contributed by atoms with Gasteiger partial charge < -0.3 is 36.0 Å². The molecule has 0 aromatic carbocycles. The van der Waals surface area contributed by atoms with Crippen molar-refractivity contribution in [3.05, 3.63) is 0 Å². The predicted octanol–water partition coefficient (Wildman–Crippen LogP) is -3.58. The maximum absolute atomic E-state index is 8.58. The number of primary amides is 1. The molecule has 7 N–H and O–H groups in total. The minimum Gasteiger partial charge on any atom is -0.394 e. The SMILES string of the molecule is NC=O.OCC(O)CO.OCCOCCO. The summed E-state index contributed by atoms with van der Waals surface area (Å²) in [5.41, 5.74) is 4.17. The summed E-state index contributed by atoms with van der Waals surface area (Å²) < 4.78 is 4.63. The van der Waals surface area contributed by atoms with Crippen LogP contribution in [0, 0.1) is 0 Å². The molecule has 100 valence electrons. The Hall–Kier alpha value is -0.770. The average Bonchev–Trinajstić information content (AvgIpc) is 2.30. The molecule has 0 aliphatic rings. The molecule has 0 fully saturated rings. The van der Waals surface area contributed by atoms with Crippen LogP contribution in [0.15, 0.2) is 0 Å². The van der Waals surface area contributed by atoms with Gasteiger partial charge in [-0.05, 0) is 0 Å². The van der Waals surface area contributed by atoms with Gasteiger partial charge in [-0.15, -0.1) is 0 Å². The molecule has 0 unspecified atom stereocenters. The van der Waals surface area contributed by atoms with Gasteiger partial charge >= 0.3 is 0 Å². The van der Waals surface area contributed by atoms with Gasteiger partial charge in [0.25, 0.3) is 0 Å². The lowest BCUT2D eigenvalue weighted by atomic mass is 10.4. The summed E-state index contributed by atoms with van der Waals surface area (Å²) in [4.78, 5) is 8.58. The van der Waals surface area contributed by atoms with Crippen LogP contribution in [0.1, 0.15) is 0 Å². The third-order valence-corrected chi connectivity index (χ3v) is 0.893. The lowest BCUT2D eigenvalue weighted by Crippen LogP contribution is -2.15. The van der Waals surface area contributed by atoms with Gasteiger partial charge in [-0.2, -0.15) is 0 Å². The van der Waals surface area contributed by atoms with E-state index in [0.717, 1.165) is 0 Å². The Kier molecular flexibility index (Phi) is 30.7. The van der Waals surface area contributed by atoms with Crippen molar-refractivity contribution in [2.75, 3.05) is 39.6 Å². The maximum Gasteiger partial charge on any atom is 0.204 e. The molecule has 16 heavy (non-hydrogen) atoms. The van der Waals surface area contributed by atoms with Gasteiger partial charge in [0.2, 0.25) is 6.41 Å². The first-order valence-corrected chi connectivity index (χ1v) is 4.49. The van der Waals surface area contributed by atoms with E-state index in [2.05, 4.69) is 10.5 Å². The summed E-state index contributed by atoms with van der Waals surface area (Å²) in [6.45, 7) is -0.0336. The summed E-state index contributed by atoms with van der Waals surface area (Å²) in [6.07, 6.45) is -0.704. The van der Waals surface area contributed by atoms with Crippen LogP contribution in [0.3, 0.4) is 0 Å². The van der Waals surface area contributed by atoms with E-state index < -0.39 is 6.10 Å². The maximum atomic E-state index is 8.58. The van der Waals surface area contributed by atoms with Crippen molar-refractivity contribution < 1.29 is 35.1 Å². The van der Waals surface area contributed by atoms with E-state index in [0.29, 0.717) is 13.2 Å². The van der Waals surface area contributed by atoms with E-state index in [-0.39, 0.29) is 32.8 Å². The van der Waals surface area contributed by atoms with Gasteiger partial charge in [0.05, 0.1) is 39.6 Å². The highest BCUT2D eigenvalue weighted by molar-refractivity contribution is 5.42. The first-order chi connectivity index (χ1) is 7.64. The standard InChI is InChI=1S/C4H10O3.C3H8O3.CH3NO/c5-1-3-7-4-2-6;4-1-3(6)2-5;2-1-3/h5-6H,1-4H2;3-6H,1-2H2;1H,(H2,2,3). The number of rotatable bonds is 6. The molecule has 8 heteroatoms. The molecular weight excluding hydrogens is 222 g/mol. The number of hydrogen-bond donors (Lipinski definition) is 6. The molecule has 0 heterocycles. The zero-order chi connectivity index (χ0) is 13.2. The molecule has 0 saturated carbocycles. The topological polar surface area (TPSA) is 153 Å². The summed E-state index contributed by atoms with van der Waals surface area (Å²) in [5.74, 6) is 0. The van der Waals surface area contributed by atoms with E-state index in [1.807, 2.05) is 0 Å². The molecule has 0 radical (unpaired) electrons. The first kappa shape index (κ1) is 20.6. The zero-order valence-electron chi connectivity index (χ0n) is 9.03. The zero-order valence-corrected chi connectivity index (χ0v) is 9.03. The third-order valence-electron chi connectivity index (χ3n) is 0.893. The minimum atomic E-state index is -0.954. The largest absolute Gasteiger partial charge is 0.394 e. The molecule has 0 rings (SSSR count). The van der Waals surface area contributed by atoms with E-state index in [1.165, 1.54) is 0 Å². The van der Waals surface area contributed by atoms with Crippen LogP contribution in [-0.4, -0.2) is 77.7 Å². The first-order valence-electron chi connectivity index (χ1n) is 4.49. The molecule has 0 aromatic rings. The average molecular weight is 243 g/mol. The third kappa shape index (κ3) is 37.9. The van der Waals surface area contributed by atoms with Gasteiger partial charge in [-0.1, -0.05) is 0 Å². The van der Waals surface area contributed by atoms with Crippen molar-refractivity contribution >= 4 is 6.41 Å². The van der Waals surface area contributed by atoms with Crippen molar-refractivity contribution in [1.29, 1.82) is 0 Å². The number of carbonyl (C=O) groups excluding carboxylic acids is 1. The van der Waals surface area contributed by atoms with Crippen LogP contribution < -0.4 is 5.73 Å². The van der Waals surface area contributed by atoms with Gasteiger partial charge in [-0.3, -0.25) is 4.79 Å². The number of hydrogen-bond acceptors (Lipinski definition) is 7. The van der Waals surface area contributed by atoms with Gasteiger partial charge in [0, 0.05) is 0 Å². The predicted molar refractivity (Wildman–Crippen MR) is 55.4 cm³/mol. The highest BCUT2D eigenvalue weighted by atomic mass is 16.5. The summed E-state index contributed by atoms with van der Waals surface area (Å²) in [5, 5.41) is 40.2. The Morgan fingerprint density at radius 2 is 1.38 bits per heavy atom. The van der Waals surface area contributed by atoms with E-state index in [4.69, 9.17) is 30.3 Å². The minimum absolute atomic E-state index is 0.0278. The highest BCUT2D eigenvalue weighted by Crippen LogP contribution is 1.71. The second-order valence-corrected chi connectivity index (χ2v) is 2.21. The van der Waals surface area contributed by atoms with Crippen molar-refractivity contribution in [3.8, 4) is 0 Å². The van der Waals surface area contributed by atoms with Crippen molar-refractivity contribution in [2.24, 2.45) is 5.73 Å².